The van der Waals surface area contributed by atoms with Crippen LogP contribution >= 0.6 is 23.2 Å². The molecule has 0 bridgehead atoms. The SMILES string of the molecule is Cc1ccc(C(=O)COc2ccc(Cl)c(Cl)c2)cc1. The van der Waals surface area contributed by atoms with E-state index in [1.807, 2.05) is 19.1 Å². The topological polar surface area (TPSA) is 26.3 Å². The first kappa shape index (κ1) is 13.9. The minimum absolute atomic E-state index is 0.0268. The van der Waals surface area contributed by atoms with E-state index >= 15 is 0 Å². The van der Waals surface area contributed by atoms with Gasteiger partial charge in [0.2, 0.25) is 0 Å². The fraction of sp³-hybridized carbons (Fsp3) is 0.133. The minimum atomic E-state index is -0.0777. The highest BCUT2D eigenvalue weighted by molar-refractivity contribution is 6.42. The molecular weight excluding hydrogens is 283 g/mol. The zero-order valence-electron chi connectivity index (χ0n) is 10.3. The zero-order valence-corrected chi connectivity index (χ0v) is 11.8. The van der Waals surface area contributed by atoms with Gasteiger partial charge in [0, 0.05) is 11.6 Å². The van der Waals surface area contributed by atoms with E-state index in [1.165, 1.54) is 0 Å². The van der Waals surface area contributed by atoms with Gasteiger partial charge in [-0.3, -0.25) is 4.79 Å². The Labute approximate surface area is 121 Å². The van der Waals surface area contributed by atoms with Crippen LogP contribution in [0.4, 0.5) is 0 Å². The Balaban J connectivity index is 2.00. The Morgan fingerprint density at radius 2 is 1.74 bits per heavy atom. The lowest BCUT2D eigenvalue weighted by Gasteiger charge is -2.06. The molecule has 0 saturated carbocycles. The highest BCUT2D eigenvalue weighted by atomic mass is 35.5. The molecule has 2 rings (SSSR count). The van der Waals surface area contributed by atoms with E-state index in [4.69, 9.17) is 27.9 Å². The van der Waals surface area contributed by atoms with Gasteiger partial charge in [0.1, 0.15) is 5.75 Å². The first-order valence-corrected chi connectivity index (χ1v) is 6.49. The zero-order chi connectivity index (χ0) is 13.8. The number of hydrogen-bond donors (Lipinski definition) is 0. The lowest BCUT2D eigenvalue weighted by Crippen LogP contribution is -2.11. The summed E-state index contributed by atoms with van der Waals surface area (Å²) in [7, 11) is 0. The third-order valence-electron chi connectivity index (χ3n) is 2.63. The number of carbonyl (C=O) groups excluding carboxylic acids is 1. The van der Waals surface area contributed by atoms with Crippen molar-refractivity contribution >= 4 is 29.0 Å². The van der Waals surface area contributed by atoms with Crippen LogP contribution in [0.2, 0.25) is 10.0 Å². The van der Waals surface area contributed by atoms with Crippen molar-refractivity contribution in [3.05, 3.63) is 63.6 Å². The van der Waals surface area contributed by atoms with E-state index in [9.17, 15) is 4.79 Å². The van der Waals surface area contributed by atoms with Gasteiger partial charge in [0.15, 0.2) is 12.4 Å². The van der Waals surface area contributed by atoms with Crippen LogP contribution in [0.3, 0.4) is 0 Å². The molecule has 0 aliphatic heterocycles. The van der Waals surface area contributed by atoms with Gasteiger partial charge in [-0.1, -0.05) is 53.0 Å². The van der Waals surface area contributed by atoms with Gasteiger partial charge >= 0.3 is 0 Å². The lowest BCUT2D eigenvalue weighted by atomic mass is 10.1. The molecule has 0 aromatic heterocycles. The van der Waals surface area contributed by atoms with Gasteiger partial charge in [0.05, 0.1) is 10.0 Å². The summed E-state index contributed by atoms with van der Waals surface area (Å²) in [6.45, 7) is 1.95. The summed E-state index contributed by atoms with van der Waals surface area (Å²) in [5, 5.41) is 0.862. The Kier molecular flexibility index (Phi) is 4.46. The fourth-order valence-electron chi connectivity index (χ4n) is 1.54. The lowest BCUT2D eigenvalue weighted by molar-refractivity contribution is 0.0921. The summed E-state index contributed by atoms with van der Waals surface area (Å²) in [6.07, 6.45) is 0. The van der Waals surface area contributed by atoms with Gasteiger partial charge in [0.25, 0.3) is 0 Å². The first-order chi connectivity index (χ1) is 9.06. The maximum absolute atomic E-state index is 11.9. The van der Waals surface area contributed by atoms with Gasteiger partial charge in [-0.2, -0.15) is 0 Å². The predicted octanol–water partition coefficient (Wildman–Crippen LogP) is 4.56. The second-order valence-corrected chi connectivity index (χ2v) is 4.97. The largest absolute Gasteiger partial charge is 0.485 e. The molecule has 0 fully saturated rings. The van der Waals surface area contributed by atoms with E-state index in [2.05, 4.69) is 0 Å². The highest BCUT2D eigenvalue weighted by Gasteiger charge is 2.07. The molecule has 0 spiro atoms. The van der Waals surface area contributed by atoms with Crippen molar-refractivity contribution in [1.82, 2.24) is 0 Å². The Morgan fingerprint density at radius 1 is 1.05 bits per heavy atom. The standard InChI is InChI=1S/C15H12Cl2O2/c1-10-2-4-11(5-3-10)15(18)9-19-12-6-7-13(16)14(17)8-12/h2-8H,9H2,1H3. The summed E-state index contributed by atoms with van der Waals surface area (Å²) in [4.78, 5) is 11.9. The molecule has 0 aliphatic rings. The molecule has 0 N–H and O–H groups in total. The minimum Gasteiger partial charge on any atom is -0.485 e. The molecule has 0 saturated heterocycles. The molecule has 2 nitrogen and oxygen atoms in total. The van der Waals surface area contributed by atoms with Crippen LogP contribution in [0.1, 0.15) is 15.9 Å². The predicted molar refractivity (Wildman–Crippen MR) is 77.5 cm³/mol. The summed E-state index contributed by atoms with van der Waals surface area (Å²) >= 11 is 11.7. The van der Waals surface area contributed by atoms with Crippen molar-refractivity contribution in [3.63, 3.8) is 0 Å². The molecule has 0 heterocycles. The fourth-order valence-corrected chi connectivity index (χ4v) is 1.83. The Hall–Kier alpha value is -1.51. The highest BCUT2D eigenvalue weighted by Crippen LogP contribution is 2.26. The van der Waals surface area contributed by atoms with Crippen LogP contribution in [0.15, 0.2) is 42.5 Å². The molecular formula is C15H12Cl2O2. The van der Waals surface area contributed by atoms with Crippen molar-refractivity contribution in [2.24, 2.45) is 0 Å². The quantitative estimate of drug-likeness (QED) is 0.773. The summed E-state index contributed by atoms with van der Waals surface area (Å²) in [5.74, 6) is 0.445. The number of aryl methyl sites for hydroxylation is 1. The summed E-state index contributed by atoms with van der Waals surface area (Å²) in [6, 6.07) is 12.3. The van der Waals surface area contributed by atoms with E-state index in [0.717, 1.165) is 5.56 Å². The van der Waals surface area contributed by atoms with Gasteiger partial charge in [-0.05, 0) is 19.1 Å². The van der Waals surface area contributed by atoms with Crippen molar-refractivity contribution in [2.75, 3.05) is 6.61 Å². The van der Waals surface area contributed by atoms with Gasteiger partial charge in [-0.15, -0.1) is 0 Å². The second-order valence-electron chi connectivity index (χ2n) is 4.15. The molecule has 0 unspecified atom stereocenters. The van der Waals surface area contributed by atoms with Crippen molar-refractivity contribution < 1.29 is 9.53 Å². The number of hydrogen-bond acceptors (Lipinski definition) is 2. The molecule has 4 heteroatoms. The molecule has 0 aliphatic carbocycles. The number of ether oxygens (including phenoxy) is 1. The van der Waals surface area contributed by atoms with Crippen LogP contribution in [-0.4, -0.2) is 12.4 Å². The molecule has 19 heavy (non-hydrogen) atoms. The number of ketones is 1. The van der Waals surface area contributed by atoms with Gasteiger partial charge in [-0.25, -0.2) is 0 Å². The third kappa shape index (κ3) is 3.72. The average molecular weight is 295 g/mol. The monoisotopic (exact) mass is 294 g/mol. The summed E-state index contributed by atoms with van der Waals surface area (Å²) < 4.78 is 5.40. The van der Waals surface area contributed by atoms with E-state index in [-0.39, 0.29) is 12.4 Å². The average Bonchev–Trinajstić information content (AvgIpc) is 2.40. The van der Waals surface area contributed by atoms with Crippen LogP contribution in [0.5, 0.6) is 5.75 Å². The van der Waals surface area contributed by atoms with Crippen LogP contribution in [0, 0.1) is 6.92 Å². The van der Waals surface area contributed by atoms with Gasteiger partial charge < -0.3 is 4.74 Å². The maximum atomic E-state index is 11.9. The van der Waals surface area contributed by atoms with Crippen molar-refractivity contribution in [1.29, 1.82) is 0 Å². The normalized spacial score (nSPS) is 10.3. The summed E-state index contributed by atoms with van der Waals surface area (Å²) in [5.41, 5.74) is 1.74. The van der Waals surface area contributed by atoms with Crippen LogP contribution < -0.4 is 4.74 Å². The Morgan fingerprint density at radius 3 is 2.37 bits per heavy atom. The number of halogens is 2. The maximum Gasteiger partial charge on any atom is 0.200 e. The second kappa shape index (κ2) is 6.09. The first-order valence-electron chi connectivity index (χ1n) is 5.74. The van der Waals surface area contributed by atoms with E-state index < -0.39 is 0 Å². The molecule has 0 atom stereocenters. The smallest absolute Gasteiger partial charge is 0.200 e. The number of Topliss-reactive ketones (excluding diaryl/α,β-unsaturated/α-hetero) is 1. The molecule has 98 valence electrons. The van der Waals surface area contributed by atoms with E-state index in [0.29, 0.717) is 21.4 Å². The van der Waals surface area contributed by atoms with Crippen LogP contribution in [-0.2, 0) is 0 Å². The Bertz CT molecular complexity index is 592. The molecule has 2 aromatic carbocycles. The third-order valence-corrected chi connectivity index (χ3v) is 3.37. The van der Waals surface area contributed by atoms with Crippen LogP contribution in [0.25, 0.3) is 0 Å². The van der Waals surface area contributed by atoms with E-state index in [1.54, 1.807) is 30.3 Å². The molecule has 0 radical (unpaired) electrons. The van der Waals surface area contributed by atoms with Crippen molar-refractivity contribution in [2.45, 2.75) is 6.92 Å². The molecule has 0 amide bonds. The number of carbonyl (C=O) groups is 1. The molecule has 2 aromatic rings. The number of rotatable bonds is 4. The number of benzene rings is 2. The van der Waals surface area contributed by atoms with Crippen molar-refractivity contribution in [3.8, 4) is 5.75 Å².